The molecule has 1 fully saturated rings. The Morgan fingerprint density at radius 1 is 1.27 bits per heavy atom. The van der Waals surface area contributed by atoms with Crippen LogP contribution in [0.15, 0.2) is 17.5 Å². The van der Waals surface area contributed by atoms with Gasteiger partial charge in [-0.05, 0) is 50.0 Å². The topological polar surface area (TPSA) is 53.7 Å². The predicted octanol–water partition coefficient (Wildman–Crippen LogP) is 3.47. The van der Waals surface area contributed by atoms with E-state index in [1.807, 2.05) is 0 Å². The number of aliphatic hydroxyl groups is 1. The van der Waals surface area contributed by atoms with Gasteiger partial charge in [0.05, 0.1) is 17.4 Å². The molecular weight excluding hydrogens is 344 g/mol. The van der Waals surface area contributed by atoms with Crippen molar-refractivity contribution in [3.8, 4) is 10.4 Å². The zero-order valence-corrected chi connectivity index (χ0v) is 15.9. The lowest BCUT2D eigenvalue weighted by atomic mass is 10.1. The molecule has 0 spiro atoms. The van der Waals surface area contributed by atoms with Crippen molar-refractivity contribution >= 4 is 22.8 Å². The van der Waals surface area contributed by atoms with Crippen LogP contribution in [-0.4, -0.2) is 38.9 Å². The molecule has 4 heterocycles. The molecule has 0 radical (unpaired) electrons. The minimum Gasteiger partial charge on any atom is -0.393 e. The van der Waals surface area contributed by atoms with Gasteiger partial charge in [-0.3, -0.25) is 0 Å². The molecule has 0 unspecified atom stereocenters. The molecule has 5 nitrogen and oxygen atoms in total. The number of hydrogen-bond donors (Lipinski definition) is 1. The Bertz CT molecular complexity index is 939. The van der Waals surface area contributed by atoms with E-state index in [0.29, 0.717) is 0 Å². The molecular formula is C20H24N4OS. The molecule has 0 bridgehead atoms. The van der Waals surface area contributed by atoms with Crippen LogP contribution < -0.4 is 4.90 Å². The normalized spacial score (nSPS) is 18.0. The summed E-state index contributed by atoms with van der Waals surface area (Å²) in [5.74, 6) is 1.23. The number of aryl methyl sites for hydroxylation is 2. The van der Waals surface area contributed by atoms with E-state index in [9.17, 15) is 5.11 Å². The summed E-state index contributed by atoms with van der Waals surface area (Å²) >= 11 is 1.76. The maximum absolute atomic E-state index is 9.93. The molecule has 6 heteroatoms. The van der Waals surface area contributed by atoms with E-state index in [0.717, 1.165) is 56.5 Å². The zero-order chi connectivity index (χ0) is 17.7. The van der Waals surface area contributed by atoms with Gasteiger partial charge in [0.1, 0.15) is 5.82 Å². The van der Waals surface area contributed by atoms with Crippen molar-refractivity contribution in [1.82, 2.24) is 14.6 Å². The third kappa shape index (κ3) is 2.47. The highest BCUT2D eigenvalue weighted by molar-refractivity contribution is 7.13. The van der Waals surface area contributed by atoms with Crippen molar-refractivity contribution < 1.29 is 5.11 Å². The Balaban J connectivity index is 1.76. The lowest BCUT2D eigenvalue weighted by Crippen LogP contribution is -2.37. The van der Waals surface area contributed by atoms with Gasteiger partial charge in [-0.25, -0.2) is 4.98 Å². The van der Waals surface area contributed by atoms with Crippen molar-refractivity contribution in [3.05, 3.63) is 34.5 Å². The van der Waals surface area contributed by atoms with E-state index < -0.39 is 0 Å². The van der Waals surface area contributed by atoms with Gasteiger partial charge in [0, 0.05) is 29.2 Å². The minimum atomic E-state index is -0.165. The van der Waals surface area contributed by atoms with E-state index in [1.165, 1.54) is 33.9 Å². The van der Waals surface area contributed by atoms with E-state index >= 15 is 0 Å². The van der Waals surface area contributed by atoms with Gasteiger partial charge in [-0.2, -0.15) is 9.61 Å². The Labute approximate surface area is 157 Å². The summed E-state index contributed by atoms with van der Waals surface area (Å²) in [7, 11) is 0. The summed E-state index contributed by atoms with van der Waals surface area (Å²) in [5, 5.41) is 17.1. The predicted molar refractivity (Wildman–Crippen MR) is 105 cm³/mol. The Kier molecular flexibility index (Phi) is 3.98. The molecule has 3 aromatic rings. The number of hydrogen-bond acceptors (Lipinski definition) is 5. The van der Waals surface area contributed by atoms with Crippen molar-refractivity contribution in [1.29, 1.82) is 0 Å². The number of fused-ring (bicyclic) bond motifs is 2. The number of aromatic nitrogens is 3. The molecule has 0 atom stereocenters. The van der Waals surface area contributed by atoms with Crippen LogP contribution in [0.25, 0.3) is 16.1 Å². The highest BCUT2D eigenvalue weighted by Gasteiger charge is 2.29. The van der Waals surface area contributed by atoms with Crippen LogP contribution in [-0.2, 0) is 19.3 Å². The summed E-state index contributed by atoms with van der Waals surface area (Å²) in [6.07, 6.45) is 5.72. The van der Waals surface area contributed by atoms with Crippen LogP contribution in [0.1, 0.15) is 43.1 Å². The number of piperidine rings is 1. The summed E-state index contributed by atoms with van der Waals surface area (Å²) in [6.45, 7) is 3.95. The largest absolute Gasteiger partial charge is 0.393 e. The van der Waals surface area contributed by atoms with Crippen LogP contribution in [0.4, 0.5) is 5.82 Å². The summed E-state index contributed by atoms with van der Waals surface area (Å²) in [6, 6.07) is 4.27. The average molecular weight is 369 g/mol. The maximum Gasteiger partial charge on any atom is 0.166 e. The number of thiophene rings is 1. The van der Waals surface area contributed by atoms with Crippen molar-refractivity contribution in [2.24, 2.45) is 0 Å². The Morgan fingerprint density at radius 2 is 2.12 bits per heavy atom. The second kappa shape index (κ2) is 6.35. The summed E-state index contributed by atoms with van der Waals surface area (Å²) in [4.78, 5) is 8.76. The van der Waals surface area contributed by atoms with Gasteiger partial charge in [-0.1, -0.05) is 13.0 Å². The van der Waals surface area contributed by atoms with Crippen LogP contribution in [0, 0.1) is 0 Å². The van der Waals surface area contributed by atoms with Crippen LogP contribution >= 0.6 is 11.3 Å². The minimum absolute atomic E-state index is 0.165. The van der Waals surface area contributed by atoms with E-state index in [1.54, 1.807) is 11.3 Å². The lowest BCUT2D eigenvalue weighted by Gasteiger charge is -2.32. The quantitative estimate of drug-likeness (QED) is 0.769. The van der Waals surface area contributed by atoms with E-state index in [2.05, 4.69) is 33.9 Å². The molecule has 26 heavy (non-hydrogen) atoms. The van der Waals surface area contributed by atoms with E-state index in [4.69, 9.17) is 10.1 Å². The fourth-order valence-electron chi connectivity index (χ4n) is 4.37. The first-order chi connectivity index (χ1) is 12.8. The monoisotopic (exact) mass is 368 g/mol. The molecule has 3 aromatic heterocycles. The first-order valence-corrected chi connectivity index (χ1v) is 10.5. The van der Waals surface area contributed by atoms with Gasteiger partial charge in [0.15, 0.2) is 5.65 Å². The molecule has 0 amide bonds. The number of anilines is 1. The van der Waals surface area contributed by atoms with Gasteiger partial charge in [-0.15, -0.1) is 11.3 Å². The average Bonchev–Trinajstić information content (AvgIpc) is 3.39. The number of rotatable bonds is 3. The third-order valence-electron chi connectivity index (χ3n) is 5.70. The first kappa shape index (κ1) is 16.3. The van der Waals surface area contributed by atoms with Crippen molar-refractivity contribution in [2.75, 3.05) is 18.0 Å². The third-order valence-corrected chi connectivity index (χ3v) is 6.59. The molecule has 1 saturated heterocycles. The van der Waals surface area contributed by atoms with E-state index in [-0.39, 0.29) is 6.10 Å². The maximum atomic E-state index is 9.93. The summed E-state index contributed by atoms with van der Waals surface area (Å²) in [5.41, 5.74) is 5.96. The molecule has 1 aliphatic heterocycles. The highest BCUT2D eigenvalue weighted by Crippen LogP contribution is 2.38. The van der Waals surface area contributed by atoms with Crippen LogP contribution in [0.5, 0.6) is 0 Å². The Morgan fingerprint density at radius 3 is 2.85 bits per heavy atom. The summed E-state index contributed by atoms with van der Waals surface area (Å²) < 4.78 is 2.11. The number of aliphatic hydroxyl groups excluding tert-OH is 1. The van der Waals surface area contributed by atoms with Crippen LogP contribution in [0.2, 0.25) is 0 Å². The first-order valence-electron chi connectivity index (χ1n) is 9.66. The second-order valence-corrected chi connectivity index (χ2v) is 8.27. The molecule has 1 aliphatic carbocycles. The molecule has 2 aliphatic rings. The smallest absolute Gasteiger partial charge is 0.166 e. The molecule has 0 aromatic carbocycles. The number of nitrogens with zero attached hydrogens (tertiary/aromatic N) is 4. The molecule has 5 rings (SSSR count). The van der Waals surface area contributed by atoms with Gasteiger partial charge in [0.2, 0.25) is 0 Å². The van der Waals surface area contributed by atoms with Gasteiger partial charge in [0.25, 0.3) is 0 Å². The lowest BCUT2D eigenvalue weighted by molar-refractivity contribution is 0.145. The fraction of sp³-hybridized carbons (Fsp3) is 0.500. The molecule has 0 saturated carbocycles. The molecule has 136 valence electrons. The van der Waals surface area contributed by atoms with Gasteiger partial charge >= 0.3 is 0 Å². The standard InChI is InChI=1S/C20H24N4OS/c1-2-15-18(17-7-4-12-26-17)19-21-16-6-3-5-14(16)20(24(19)22-15)23-10-8-13(25)9-11-23/h4,7,12-13,25H,2-3,5-6,8-11H2,1H3. The second-order valence-electron chi connectivity index (χ2n) is 7.32. The highest BCUT2D eigenvalue weighted by atomic mass is 32.1. The van der Waals surface area contributed by atoms with Gasteiger partial charge < -0.3 is 10.0 Å². The van der Waals surface area contributed by atoms with Crippen molar-refractivity contribution in [3.63, 3.8) is 0 Å². The van der Waals surface area contributed by atoms with Crippen molar-refractivity contribution in [2.45, 2.75) is 51.6 Å². The van der Waals surface area contributed by atoms with Crippen LogP contribution in [0.3, 0.4) is 0 Å². The Hall–Kier alpha value is -1.92. The molecule has 1 N–H and O–H groups in total. The SMILES string of the molecule is CCc1nn2c(N3CCC(O)CC3)c3c(nc2c1-c1cccs1)CCC3. The zero-order valence-electron chi connectivity index (χ0n) is 15.1. The fourth-order valence-corrected chi connectivity index (χ4v) is 5.16.